The number of phosphoric acid groups is 1. The first-order valence-corrected chi connectivity index (χ1v) is 26.1. The Morgan fingerprint density at radius 3 is 1.69 bits per heavy atom. The van der Waals surface area contributed by atoms with E-state index in [0.29, 0.717) is 12.8 Å². The first kappa shape index (κ1) is 57.2. The van der Waals surface area contributed by atoms with Crippen molar-refractivity contribution < 1.29 is 52.5 Å². The Morgan fingerprint density at radius 2 is 1.19 bits per heavy atom. The minimum Gasteiger partial charge on any atom is -0.462 e. The number of nitrogen functional groups attached to an aromatic ring is 1. The van der Waals surface area contributed by atoms with Crippen molar-refractivity contribution in [3.8, 4) is 0 Å². The van der Waals surface area contributed by atoms with Gasteiger partial charge in [-0.3, -0.25) is 23.2 Å². The van der Waals surface area contributed by atoms with Crippen molar-refractivity contribution in [2.24, 2.45) is 0 Å². The summed E-state index contributed by atoms with van der Waals surface area (Å²) < 4.78 is 40.6. The number of ether oxygens (including phenoxy) is 3. The lowest BCUT2D eigenvalue weighted by Gasteiger charge is -2.21. The maximum absolute atomic E-state index is 12.9. The van der Waals surface area contributed by atoms with E-state index in [0.717, 1.165) is 81.6 Å². The molecule has 1 saturated heterocycles. The van der Waals surface area contributed by atoms with Crippen LogP contribution in [0.25, 0.3) is 0 Å². The molecule has 2 heterocycles. The smallest absolute Gasteiger partial charge is 0.462 e. The molecule has 0 radical (unpaired) electrons. The fraction of sp³-hybridized carbons (Fsp3) is 0.792. The molecular formula is C48H84N3O12P. The van der Waals surface area contributed by atoms with E-state index in [1.807, 2.05) is 0 Å². The van der Waals surface area contributed by atoms with Gasteiger partial charge in [0.25, 0.3) is 0 Å². The van der Waals surface area contributed by atoms with Crippen LogP contribution in [0, 0.1) is 0 Å². The number of phosphoric ester groups is 1. The maximum atomic E-state index is 12.9. The third-order valence-corrected chi connectivity index (χ3v) is 12.3. The van der Waals surface area contributed by atoms with Crippen LogP contribution in [-0.4, -0.2) is 80.8 Å². The number of anilines is 1. The Labute approximate surface area is 383 Å². The van der Waals surface area contributed by atoms with Crippen molar-refractivity contribution in [1.82, 2.24) is 9.55 Å². The number of nitrogens with two attached hydrogens (primary N) is 1. The molecule has 1 aromatic rings. The summed E-state index contributed by atoms with van der Waals surface area (Å²) in [5.74, 6) is -1.08. The molecule has 2 rings (SSSR count). The van der Waals surface area contributed by atoms with Crippen LogP contribution < -0.4 is 11.4 Å². The summed E-state index contributed by atoms with van der Waals surface area (Å²) in [5.41, 5.74) is 4.70. The van der Waals surface area contributed by atoms with Gasteiger partial charge in [-0.1, -0.05) is 141 Å². The second kappa shape index (κ2) is 36.2. The van der Waals surface area contributed by atoms with Crippen LogP contribution in [0.4, 0.5) is 5.82 Å². The fourth-order valence-electron chi connectivity index (χ4n) is 7.40. The van der Waals surface area contributed by atoms with Crippen LogP contribution in [0.3, 0.4) is 0 Å². The summed E-state index contributed by atoms with van der Waals surface area (Å²) in [7, 11) is -4.85. The van der Waals surface area contributed by atoms with Gasteiger partial charge in [0, 0.05) is 19.0 Å². The number of nitrogens with zero attached hydrogens (tertiary/aromatic N) is 2. The van der Waals surface area contributed by atoms with Gasteiger partial charge in [-0.25, -0.2) is 9.36 Å². The van der Waals surface area contributed by atoms with E-state index in [2.05, 4.69) is 43.1 Å². The Hall–Kier alpha value is -2.91. The number of esters is 2. The van der Waals surface area contributed by atoms with E-state index >= 15 is 0 Å². The van der Waals surface area contributed by atoms with E-state index in [4.69, 9.17) is 29.0 Å². The van der Waals surface area contributed by atoms with Gasteiger partial charge in [0.05, 0.1) is 13.2 Å². The molecule has 1 fully saturated rings. The number of hydrogen-bond acceptors (Lipinski definition) is 13. The molecule has 0 spiro atoms. The Bertz CT molecular complexity index is 1540. The number of aliphatic hydroxyl groups excluding tert-OH is 2. The summed E-state index contributed by atoms with van der Waals surface area (Å²) in [4.78, 5) is 51.8. The van der Waals surface area contributed by atoms with E-state index in [1.54, 1.807) is 0 Å². The van der Waals surface area contributed by atoms with E-state index in [-0.39, 0.29) is 25.3 Å². The number of carbonyl (C=O) groups is 2. The zero-order chi connectivity index (χ0) is 46.7. The van der Waals surface area contributed by atoms with E-state index in [1.165, 1.54) is 89.3 Å². The summed E-state index contributed by atoms with van der Waals surface area (Å²) in [6.07, 6.45) is 32.9. The highest BCUT2D eigenvalue weighted by molar-refractivity contribution is 7.47. The monoisotopic (exact) mass is 926 g/mol. The molecule has 0 saturated carbocycles. The molecule has 1 aliphatic heterocycles. The third kappa shape index (κ3) is 27.5. The fourth-order valence-corrected chi connectivity index (χ4v) is 8.16. The molecule has 16 heteroatoms. The van der Waals surface area contributed by atoms with Gasteiger partial charge < -0.3 is 35.1 Å². The quantitative estimate of drug-likeness (QED) is 0.0208. The van der Waals surface area contributed by atoms with Gasteiger partial charge in [0.1, 0.15) is 30.7 Å². The van der Waals surface area contributed by atoms with Crippen LogP contribution in [0.15, 0.2) is 41.4 Å². The summed E-state index contributed by atoms with van der Waals surface area (Å²) in [6.45, 7) is 2.75. The average molecular weight is 926 g/mol. The SMILES string of the molecule is CCCCCCCC/C=C\CCCCCCCC(=O)OC[C@H](COP(=O)(O)OC[C@H]1O[C@@H](n2ccc(N)nc2=O)[C@H](O)[C@@H]1O)OC(=O)CCCCCCC/C=C\CCCCCCCC. The largest absolute Gasteiger partial charge is 0.472 e. The molecule has 0 aliphatic carbocycles. The minimum atomic E-state index is -4.85. The number of hydrogen-bond donors (Lipinski definition) is 4. The number of carbonyl (C=O) groups excluding carboxylic acids is 2. The normalized spacial score (nSPS) is 19.1. The van der Waals surface area contributed by atoms with E-state index in [9.17, 15) is 34.1 Å². The highest BCUT2D eigenvalue weighted by atomic mass is 31.2. The standard InChI is InChI=1S/C48H84N3O12P/c1-3-5-7-9-11-13-15-17-19-21-23-25-27-29-31-33-43(52)59-37-40(62-44(53)34-32-30-28-26-24-22-20-18-16-14-12-10-8-6-4-2)38-60-64(57,58)61-39-41-45(54)46(55)47(63-41)51-36-35-42(49)50-48(51)56/h17-20,35-36,40-41,45-47,54-55H,3-16,21-34,37-39H2,1-2H3,(H,57,58)(H2,49,50,56)/b19-17-,20-18-/t40-,41-,45-,46-,47-/m1/s1. The highest BCUT2D eigenvalue weighted by Crippen LogP contribution is 2.44. The average Bonchev–Trinajstić information content (AvgIpc) is 3.55. The molecule has 15 nitrogen and oxygen atoms in total. The van der Waals surface area contributed by atoms with Crippen molar-refractivity contribution in [3.05, 3.63) is 47.1 Å². The Balaban J connectivity index is 1.76. The Kier molecular flexibility index (Phi) is 32.4. The van der Waals surface area contributed by atoms with Gasteiger partial charge in [0.15, 0.2) is 12.3 Å². The predicted octanol–water partition coefficient (Wildman–Crippen LogP) is 10.1. The molecular weight excluding hydrogens is 842 g/mol. The highest BCUT2D eigenvalue weighted by Gasteiger charge is 2.45. The molecule has 1 aliphatic rings. The first-order valence-electron chi connectivity index (χ1n) is 24.6. The molecule has 5 N–H and O–H groups in total. The summed E-state index contributed by atoms with van der Waals surface area (Å²) in [5, 5.41) is 21.0. The topological polar surface area (TPSA) is 219 Å². The Morgan fingerprint density at radius 1 is 0.719 bits per heavy atom. The van der Waals surface area contributed by atoms with Crippen molar-refractivity contribution in [2.75, 3.05) is 25.6 Å². The van der Waals surface area contributed by atoms with Crippen LogP contribution in [0.1, 0.15) is 200 Å². The molecule has 0 amide bonds. The van der Waals surface area contributed by atoms with Crippen molar-refractivity contribution in [1.29, 1.82) is 0 Å². The van der Waals surface area contributed by atoms with Crippen LogP contribution in [0.2, 0.25) is 0 Å². The molecule has 0 bridgehead atoms. The van der Waals surface area contributed by atoms with E-state index < -0.39 is 69.3 Å². The van der Waals surface area contributed by atoms with Gasteiger partial charge in [-0.05, 0) is 70.3 Å². The first-order chi connectivity index (χ1) is 31.0. The van der Waals surface area contributed by atoms with Crippen LogP contribution in [0.5, 0.6) is 0 Å². The lowest BCUT2D eigenvalue weighted by atomic mass is 10.1. The molecule has 6 atom stereocenters. The van der Waals surface area contributed by atoms with Gasteiger partial charge >= 0.3 is 25.5 Å². The van der Waals surface area contributed by atoms with Crippen molar-refractivity contribution in [2.45, 2.75) is 224 Å². The van der Waals surface area contributed by atoms with Gasteiger partial charge in [-0.2, -0.15) is 4.98 Å². The second-order valence-electron chi connectivity index (χ2n) is 17.1. The molecule has 368 valence electrons. The van der Waals surface area contributed by atoms with Gasteiger partial charge in [-0.15, -0.1) is 0 Å². The number of allylic oxidation sites excluding steroid dienone is 4. The third-order valence-electron chi connectivity index (χ3n) is 11.3. The lowest BCUT2D eigenvalue weighted by Crippen LogP contribution is -2.36. The molecule has 1 aromatic heterocycles. The summed E-state index contributed by atoms with van der Waals surface area (Å²) >= 11 is 0. The zero-order valence-electron chi connectivity index (χ0n) is 39.2. The summed E-state index contributed by atoms with van der Waals surface area (Å²) in [6, 6.07) is 1.31. The number of aliphatic hydroxyl groups is 2. The zero-order valence-corrected chi connectivity index (χ0v) is 40.1. The number of aromatic nitrogens is 2. The predicted molar refractivity (Wildman–Crippen MR) is 250 cm³/mol. The maximum Gasteiger partial charge on any atom is 0.472 e. The minimum absolute atomic E-state index is 0.0484. The van der Waals surface area contributed by atoms with Crippen molar-refractivity contribution in [3.63, 3.8) is 0 Å². The molecule has 64 heavy (non-hydrogen) atoms. The van der Waals surface area contributed by atoms with Gasteiger partial charge in [0.2, 0.25) is 0 Å². The van der Waals surface area contributed by atoms with Crippen LogP contribution in [-0.2, 0) is 37.4 Å². The van der Waals surface area contributed by atoms with Crippen LogP contribution >= 0.6 is 7.82 Å². The lowest BCUT2D eigenvalue weighted by molar-refractivity contribution is -0.161. The number of rotatable bonds is 40. The molecule has 1 unspecified atom stereocenters. The number of unbranched alkanes of at least 4 members (excludes halogenated alkanes) is 22. The second-order valence-corrected chi connectivity index (χ2v) is 18.6. The van der Waals surface area contributed by atoms with Crippen molar-refractivity contribution >= 4 is 25.6 Å². The molecule has 0 aromatic carbocycles.